The third-order valence-corrected chi connectivity index (χ3v) is 2.36. The van der Waals surface area contributed by atoms with Crippen molar-refractivity contribution in [3.63, 3.8) is 0 Å². The van der Waals surface area contributed by atoms with E-state index in [1.165, 1.54) is 0 Å². The molecule has 0 aliphatic carbocycles. The van der Waals surface area contributed by atoms with Gasteiger partial charge in [-0.05, 0) is 26.2 Å². The first-order chi connectivity index (χ1) is 8.15. The first-order valence-corrected chi connectivity index (χ1v) is 5.51. The second-order valence-corrected chi connectivity index (χ2v) is 4.25. The van der Waals surface area contributed by atoms with Crippen LogP contribution in [0.3, 0.4) is 0 Å². The van der Waals surface area contributed by atoms with Crippen molar-refractivity contribution in [1.29, 1.82) is 0 Å². The van der Waals surface area contributed by atoms with Crippen LogP contribution in [0.2, 0.25) is 5.02 Å². The van der Waals surface area contributed by atoms with Crippen molar-refractivity contribution in [2.75, 3.05) is 19.4 Å². The molecule has 1 aromatic heterocycles. The maximum Gasteiger partial charge on any atom is 0.320 e. The van der Waals surface area contributed by atoms with Gasteiger partial charge in [0, 0.05) is 0 Å². The van der Waals surface area contributed by atoms with Crippen molar-refractivity contribution in [3.05, 3.63) is 35.2 Å². The number of aromatic nitrogens is 2. The van der Waals surface area contributed by atoms with Gasteiger partial charge in [0.25, 0.3) is 0 Å². The minimum atomic E-state index is 0.343. The Morgan fingerprint density at radius 1 is 1.29 bits per heavy atom. The standard InChI is InChI=1S/C11H13ClN4O/c1-16(2)7-10-14-15-11(17-10)13-9-6-4-3-5-8(9)12/h3-6H,7H2,1-2H3,(H,13,15). The summed E-state index contributed by atoms with van der Waals surface area (Å²) in [7, 11) is 3.87. The Morgan fingerprint density at radius 3 is 2.76 bits per heavy atom. The minimum Gasteiger partial charge on any atom is -0.406 e. The van der Waals surface area contributed by atoms with Gasteiger partial charge in [0.1, 0.15) is 0 Å². The fourth-order valence-corrected chi connectivity index (χ4v) is 1.50. The van der Waals surface area contributed by atoms with Gasteiger partial charge in [-0.1, -0.05) is 28.8 Å². The molecule has 0 saturated heterocycles. The number of hydrogen-bond donors (Lipinski definition) is 1. The first-order valence-electron chi connectivity index (χ1n) is 5.14. The monoisotopic (exact) mass is 252 g/mol. The van der Waals surface area contributed by atoms with Crippen LogP contribution in [-0.2, 0) is 6.54 Å². The molecule has 1 N–H and O–H groups in total. The molecule has 0 amide bonds. The second-order valence-electron chi connectivity index (χ2n) is 3.84. The minimum absolute atomic E-state index is 0.343. The van der Waals surface area contributed by atoms with E-state index in [0.717, 1.165) is 5.69 Å². The lowest BCUT2D eigenvalue weighted by molar-refractivity contribution is 0.345. The summed E-state index contributed by atoms with van der Waals surface area (Å²) in [5, 5.41) is 11.4. The molecule has 6 heteroatoms. The zero-order valence-corrected chi connectivity index (χ0v) is 10.4. The van der Waals surface area contributed by atoms with Gasteiger partial charge in [0.05, 0.1) is 17.3 Å². The lowest BCUT2D eigenvalue weighted by atomic mass is 10.3. The van der Waals surface area contributed by atoms with E-state index < -0.39 is 0 Å². The zero-order chi connectivity index (χ0) is 12.3. The number of nitrogens with one attached hydrogen (secondary N) is 1. The Balaban J connectivity index is 2.09. The third-order valence-electron chi connectivity index (χ3n) is 2.03. The van der Waals surface area contributed by atoms with Crippen LogP contribution in [-0.4, -0.2) is 29.2 Å². The number of benzene rings is 1. The molecule has 0 aliphatic rings. The van der Waals surface area contributed by atoms with E-state index >= 15 is 0 Å². The SMILES string of the molecule is CN(C)Cc1nnc(Nc2ccccc2Cl)o1. The first kappa shape index (κ1) is 11.9. The van der Waals surface area contributed by atoms with Gasteiger partial charge in [-0.3, -0.25) is 0 Å². The van der Waals surface area contributed by atoms with Crippen LogP contribution in [0.4, 0.5) is 11.7 Å². The molecule has 0 spiro atoms. The molecule has 0 radical (unpaired) electrons. The molecule has 5 nitrogen and oxygen atoms in total. The Morgan fingerprint density at radius 2 is 2.06 bits per heavy atom. The van der Waals surface area contributed by atoms with E-state index in [1.807, 2.05) is 37.2 Å². The normalized spacial score (nSPS) is 10.8. The molecule has 0 atom stereocenters. The molecule has 0 fully saturated rings. The summed E-state index contributed by atoms with van der Waals surface area (Å²) >= 11 is 6.00. The summed E-state index contributed by atoms with van der Waals surface area (Å²) in [6, 6.07) is 7.72. The zero-order valence-electron chi connectivity index (χ0n) is 9.64. The number of rotatable bonds is 4. The predicted molar refractivity (Wildman–Crippen MR) is 66.4 cm³/mol. The quantitative estimate of drug-likeness (QED) is 0.906. The molecule has 0 saturated carbocycles. The van der Waals surface area contributed by atoms with Gasteiger partial charge >= 0.3 is 6.01 Å². The van der Waals surface area contributed by atoms with Crippen LogP contribution in [0.5, 0.6) is 0 Å². The predicted octanol–water partition coefficient (Wildman–Crippen LogP) is 2.53. The average molecular weight is 253 g/mol. The van der Waals surface area contributed by atoms with E-state index in [0.29, 0.717) is 23.5 Å². The smallest absolute Gasteiger partial charge is 0.320 e. The Kier molecular flexibility index (Phi) is 3.61. The topological polar surface area (TPSA) is 54.2 Å². The molecule has 1 heterocycles. The maximum absolute atomic E-state index is 6.00. The van der Waals surface area contributed by atoms with Gasteiger partial charge in [0.15, 0.2) is 0 Å². The van der Waals surface area contributed by atoms with Crippen molar-refractivity contribution in [2.24, 2.45) is 0 Å². The van der Waals surface area contributed by atoms with E-state index in [1.54, 1.807) is 6.07 Å². The van der Waals surface area contributed by atoms with Crippen LogP contribution >= 0.6 is 11.6 Å². The number of anilines is 2. The fourth-order valence-electron chi connectivity index (χ4n) is 1.32. The second kappa shape index (κ2) is 5.16. The summed E-state index contributed by atoms with van der Waals surface area (Å²) in [5.41, 5.74) is 0.745. The van der Waals surface area contributed by atoms with Crippen molar-refractivity contribution in [2.45, 2.75) is 6.54 Å². The molecule has 2 rings (SSSR count). The largest absolute Gasteiger partial charge is 0.406 e. The van der Waals surface area contributed by atoms with Crippen molar-refractivity contribution >= 4 is 23.3 Å². The third kappa shape index (κ3) is 3.18. The number of hydrogen-bond acceptors (Lipinski definition) is 5. The maximum atomic E-state index is 6.00. The van der Waals surface area contributed by atoms with Crippen LogP contribution in [0.25, 0.3) is 0 Å². The molecule has 17 heavy (non-hydrogen) atoms. The van der Waals surface area contributed by atoms with Crippen molar-refractivity contribution in [1.82, 2.24) is 15.1 Å². The Labute approximate surface area is 104 Å². The molecule has 0 unspecified atom stereocenters. The molecule has 2 aromatic rings. The van der Waals surface area contributed by atoms with Gasteiger partial charge in [-0.15, -0.1) is 5.10 Å². The van der Waals surface area contributed by atoms with Crippen LogP contribution in [0, 0.1) is 0 Å². The molecule has 90 valence electrons. The number of para-hydroxylation sites is 1. The van der Waals surface area contributed by atoms with E-state index in [9.17, 15) is 0 Å². The van der Waals surface area contributed by atoms with Gasteiger partial charge in [-0.25, -0.2) is 0 Å². The number of halogens is 1. The Hall–Kier alpha value is -1.59. The van der Waals surface area contributed by atoms with Gasteiger partial charge in [0.2, 0.25) is 5.89 Å². The molecule has 0 bridgehead atoms. The molecule has 1 aromatic carbocycles. The average Bonchev–Trinajstić information content (AvgIpc) is 2.68. The van der Waals surface area contributed by atoms with Crippen molar-refractivity contribution in [3.8, 4) is 0 Å². The summed E-state index contributed by atoms with van der Waals surface area (Å²) in [4.78, 5) is 1.95. The van der Waals surface area contributed by atoms with Gasteiger partial charge in [-0.2, -0.15) is 0 Å². The lowest BCUT2D eigenvalue weighted by Gasteiger charge is -2.04. The number of nitrogens with zero attached hydrogens (tertiary/aromatic N) is 3. The summed E-state index contributed by atoms with van der Waals surface area (Å²) in [6.07, 6.45) is 0. The highest BCUT2D eigenvalue weighted by Gasteiger charge is 2.08. The van der Waals surface area contributed by atoms with E-state index in [4.69, 9.17) is 16.0 Å². The fraction of sp³-hybridized carbons (Fsp3) is 0.273. The Bertz CT molecular complexity index is 498. The lowest BCUT2D eigenvalue weighted by Crippen LogP contribution is -2.10. The van der Waals surface area contributed by atoms with Crippen LogP contribution < -0.4 is 5.32 Å². The molecular formula is C11H13ClN4O. The van der Waals surface area contributed by atoms with E-state index in [-0.39, 0.29) is 0 Å². The van der Waals surface area contributed by atoms with E-state index in [2.05, 4.69) is 15.5 Å². The molecule has 0 aliphatic heterocycles. The highest BCUT2D eigenvalue weighted by atomic mass is 35.5. The highest BCUT2D eigenvalue weighted by Crippen LogP contribution is 2.24. The summed E-state index contributed by atoms with van der Waals surface area (Å²) in [6.45, 7) is 0.608. The van der Waals surface area contributed by atoms with Gasteiger partial charge < -0.3 is 14.6 Å². The molecular weight excluding hydrogens is 240 g/mol. The van der Waals surface area contributed by atoms with Crippen LogP contribution in [0.1, 0.15) is 5.89 Å². The summed E-state index contributed by atoms with van der Waals surface area (Å²) < 4.78 is 5.42. The highest BCUT2D eigenvalue weighted by molar-refractivity contribution is 6.33. The van der Waals surface area contributed by atoms with Crippen LogP contribution in [0.15, 0.2) is 28.7 Å². The summed E-state index contributed by atoms with van der Waals surface area (Å²) in [5.74, 6) is 0.560. The van der Waals surface area contributed by atoms with Crippen molar-refractivity contribution < 1.29 is 4.42 Å².